The van der Waals surface area contributed by atoms with Crippen LogP contribution in [0, 0.1) is 0 Å². The second-order valence-electron chi connectivity index (χ2n) is 8.06. The number of hydrogen-bond donors (Lipinski definition) is 1. The van der Waals surface area contributed by atoms with E-state index >= 15 is 0 Å². The lowest BCUT2D eigenvalue weighted by molar-refractivity contribution is -0.130. The van der Waals surface area contributed by atoms with Gasteiger partial charge >= 0.3 is 0 Å². The second kappa shape index (κ2) is 12.3. The monoisotopic (exact) mass is 491 g/mol. The number of pyridine rings is 1. The van der Waals surface area contributed by atoms with Crippen molar-refractivity contribution < 1.29 is 19.1 Å². The number of carbonyl (C=O) groups excluding carboxylic acids is 2. The largest absolute Gasteiger partial charge is 0.490 e. The van der Waals surface area contributed by atoms with Gasteiger partial charge in [-0.05, 0) is 60.5 Å². The first-order valence-electron chi connectivity index (χ1n) is 11.7. The average molecular weight is 492 g/mol. The summed E-state index contributed by atoms with van der Waals surface area (Å²) < 4.78 is 11.6. The first kappa shape index (κ1) is 24.6. The number of hydrogen-bond acceptors (Lipinski definition) is 6. The highest BCUT2D eigenvalue weighted by atomic mass is 32.2. The predicted octanol–water partition coefficient (Wildman–Crippen LogP) is 4.43. The molecule has 0 bridgehead atoms. The number of nitrogens with one attached hydrogen (secondary N) is 1. The van der Waals surface area contributed by atoms with Crippen LogP contribution in [-0.4, -0.2) is 52.9 Å². The SMILES string of the molecule is CCOc1cc(C(=O)Nc2ccc(CC(=O)N3CCSCC3)cc2)ccc1OCc1ccncc1. The zero-order chi connectivity index (χ0) is 24.5. The Kier molecular flexibility index (Phi) is 8.62. The number of ether oxygens (including phenoxy) is 2. The molecule has 2 amide bonds. The van der Waals surface area contributed by atoms with Crippen molar-refractivity contribution in [1.82, 2.24) is 9.88 Å². The van der Waals surface area contributed by atoms with Crippen molar-refractivity contribution in [3.05, 3.63) is 83.7 Å². The summed E-state index contributed by atoms with van der Waals surface area (Å²) in [6.45, 7) is 4.34. The molecule has 0 aliphatic carbocycles. The molecule has 0 atom stereocenters. The molecule has 7 nitrogen and oxygen atoms in total. The van der Waals surface area contributed by atoms with Crippen LogP contribution in [-0.2, 0) is 17.8 Å². The fourth-order valence-electron chi connectivity index (χ4n) is 3.69. The minimum Gasteiger partial charge on any atom is -0.490 e. The standard InChI is InChI=1S/C27H29N3O4S/c1-2-33-25-18-22(5-8-24(25)34-19-21-9-11-28-12-10-21)27(32)29-23-6-3-20(4-7-23)17-26(31)30-13-15-35-16-14-30/h3-12,18H,2,13-17,19H2,1H3,(H,29,32). The van der Waals surface area contributed by atoms with E-state index in [0.717, 1.165) is 35.7 Å². The van der Waals surface area contributed by atoms with Crippen LogP contribution < -0.4 is 14.8 Å². The number of aromatic nitrogens is 1. The maximum Gasteiger partial charge on any atom is 0.255 e. The van der Waals surface area contributed by atoms with E-state index in [-0.39, 0.29) is 11.8 Å². The van der Waals surface area contributed by atoms with E-state index < -0.39 is 0 Å². The summed E-state index contributed by atoms with van der Waals surface area (Å²) in [7, 11) is 0. The van der Waals surface area contributed by atoms with Gasteiger partial charge in [0, 0.05) is 48.2 Å². The fourth-order valence-corrected chi connectivity index (χ4v) is 4.59. The number of benzene rings is 2. The van der Waals surface area contributed by atoms with Gasteiger partial charge in [-0.15, -0.1) is 0 Å². The van der Waals surface area contributed by atoms with Crippen molar-refractivity contribution in [1.29, 1.82) is 0 Å². The van der Waals surface area contributed by atoms with Gasteiger partial charge in [0.2, 0.25) is 5.91 Å². The van der Waals surface area contributed by atoms with E-state index in [1.165, 1.54) is 0 Å². The number of thioether (sulfide) groups is 1. The Hall–Kier alpha value is -3.52. The Labute approximate surface area is 209 Å². The Balaban J connectivity index is 1.36. The van der Waals surface area contributed by atoms with Crippen LogP contribution in [0.25, 0.3) is 0 Å². The van der Waals surface area contributed by atoms with E-state index in [1.807, 2.05) is 60.0 Å². The third-order valence-electron chi connectivity index (χ3n) is 5.58. The van der Waals surface area contributed by atoms with Crippen LogP contribution in [0.5, 0.6) is 11.5 Å². The Bertz CT molecular complexity index is 1130. The molecule has 35 heavy (non-hydrogen) atoms. The third-order valence-corrected chi connectivity index (χ3v) is 6.52. The first-order valence-corrected chi connectivity index (χ1v) is 12.8. The van der Waals surface area contributed by atoms with Crippen molar-refractivity contribution in [3.63, 3.8) is 0 Å². The van der Waals surface area contributed by atoms with Gasteiger partial charge in [0.1, 0.15) is 6.61 Å². The maximum absolute atomic E-state index is 12.9. The van der Waals surface area contributed by atoms with Gasteiger partial charge in [0.05, 0.1) is 13.0 Å². The van der Waals surface area contributed by atoms with Crippen LogP contribution in [0.3, 0.4) is 0 Å². The number of carbonyl (C=O) groups is 2. The molecule has 0 spiro atoms. The van der Waals surface area contributed by atoms with Crippen molar-refractivity contribution >= 4 is 29.3 Å². The molecule has 3 aromatic rings. The maximum atomic E-state index is 12.9. The number of nitrogens with zero attached hydrogens (tertiary/aromatic N) is 2. The molecule has 8 heteroatoms. The van der Waals surface area contributed by atoms with Gasteiger partial charge in [0.25, 0.3) is 5.91 Å². The van der Waals surface area contributed by atoms with Crippen molar-refractivity contribution in [2.45, 2.75) is 20.0 Å². The van der Waals surface area contributed by atoms with Gasteiger partial charge in [-0.3, -0.25) is 14.6 Å². The molecule has 1 fully saturated rings. The zero-order valence-corrected chi connectivity index (χ0v) is 20.6. The zero-order valence-electron chi connectivity index (χ0n) is 19.7. The smallest absolute Gasteiger partial charge is 0.255 e. The highest BCUT2D eigenvalue weighted by Gasteiger charge is 2.17. The molecule has 1 aromatic heterocycles. The molecule has 182 valence electrons. The van der Waals surface area contributed by atoms with Crippen LogP contribution in [0.1, 0.15) is 28.4 Å². The van der Waals surface area contributed by atoms with Crippen molar-refractivity contribution in [3.8, 4) is 11.5 Å². The molecule has 0 radical (unpaired) electrons. The summed E-state index contributed by atoms with van der Waals surface area (Å²) in [5.74, 6) is 2.98. The Morgan fingerprint density at radius 1 is 0.943 bits per heavy atom. The molecule has 2 aromatic carbocycles. The van der Waals surface area contributed by atoms with Crippen LogP contribution in [0.4, 0.5) is 5.69 Å². The summed E-state index contributed by atoms with van der Waals surface area (Å²) in [6.07, 6.45) is 3.80. The molecule has 1 aliphatic heterocycles. The molecule has 1 N–H and O–H groups in total. The minimum atomic E-state index is -0.249. The quantitative estimate of drug-likeness (QED) is 0.477. The van der Waals surface area contributed by atoms with Gasteiger partial charge in [0.15, 0.2) is 11.5 Å². The average Bonchev–Trinajstić information content (AvgIpc) is 2.90. The molecule has 1 aliphatic rings. The highest BCUT2D eigenvalue weighted by molar-refractivity contribution is 7.99. The Morgan fingerprint density at radius 2 is 1.69 bits per heavy atom. The summed E-state index contributed by atoms with van der Waals surface area (Å²) in [6, 6.07) is 16.3. The van der Waals surface area contributed by atoms with Crippen molar-refractivity contribution in [2.75, 3.05) is 36.5 Å². The molecular formula is C27H29N3O4S. The second-order valence-corrected chi connectivity index (χ2v) is 9.28. The lowest BCUT2D eigenvalue weighted by Crippen LogP contribution is -2.38. The van der Waals surface area contributed by atoms with Gasteiger partial charge in [-0.25, -0.2) is 0 Å². The van der Waals surface area contributed by atoms with E-state index in [1.54, 1.807) is 30.6 Å². The van der Waals surface area contributed by atoms with E-state index in [9.17, 15) is 9.59 Å². The molecule has 0 unspecified atom stereocenters. The van der Waals surface area contributed by atoms with Gasteiger partial charge < -0.3 is 19.7 Å². The molecule has 2 heterocycles. The molecule has 4 rings (SSSR count). The van der Waals surface area contributed by atoms with Crippen LogP contribution >= 0.6 is 11.8 Å². The highest BCUT2D eigenvalue weighted by Crippen LogP contribution is 2.29. The van der Waals surface area contributed by atoms with Crippen LogP contribution in [0.15, 0.2) is 67.0 Å². The lowest BCUT2D eigenvalue weighted by atomic mass is 10.1. The number of rotatable bonds is 9. The number of amides is 2. The normalized spacial score (nSPS) is 13.2. The molecule has 1 saturated heterocycles. The van der Waals surface area contributed by atoms with E-state index in [4.69, 9.17) is 9.47 Å². The fraction of sp³-hybridized carbons (Fsp3) is 0.296. The topological polar surface area (TPSA) is 80.8 Å². The van der Waals surface area contributed by atoms with Gasteiger partial charge in [-0.1, -0.05) is 12.1 Å². The summed E-state index contributed by atoms with van der Waals surface area (Å²) in [4.78, 5) is 31.3. The minimum absolute atomic E-state index is 0.150. The van der Waals surface area contributed by atoms with Gasteiger partial charge in [-0.2, -0.15) is 11.8 Å². The summed E-state index contributed by atoms with van der Waals surface area (Å²) >= 11 is 1.88. The van der Waals surface area contributed by atoms with E-state index in [2.05, 4.69) is 10.3 Å². The van der Waals surface area contributed by atoms with Crippen LogP contribution in [0.2, 0.25) is 0 Å². The summed E-state index contributed by atoms with van der Waals surface area (Å²) in [5, 5.41) is 2.91. The molecular weight excluding hydrogens is 462 g/mol. The Morgan fingerprint density at radius 3 is 2.40 bits per heavy atom. The third kappa shape index (κ3) is 6.99. The van der Waals surface area contributed by atoms with Crippen molar-refractivity contribution in [2.24, 2.45) is 0 Å². The first-order chi connectivity index (χ1) is 17.1. The van der Waals surface area contributed by atoms with E-state index in [0.29, 0.717) is 42.4 Å². The predicted molar refractivity (Wildman–Crippen MR) is 138 cm³/mol. The number of anilines is 1. The molecule has 0 saturated carbocycles. The summed E-state index contributed by atoms with van der Waals surface area (Å²) in [5.41, 5.74) is 3.05. The lowest BCUT2D eigenvalue weighted by Gasteiger charge is -2.26.